The van der Waals surface area contributed by atoms with Crippen LogP contribution in [0.15, 0.2) is 28.5 Å². The van der Waals surface area contributed by atoms with Crippen molar-refractivity contribution in [3.05, 3.63) is 45.7 Å². The molecule has 8 heteroatoms. The Bertz CT molecular complexity index is 923. The summed E-state index contributed by atoms with van der Waals surface area (Å²) in [7, 11) is 0. The SMILES string of the molecule is CC.CC.CC.CSc1ccc(CC(=O)Nc2nc(-c3sc(C)nc3C)cs2)c(F)c1. The van der Waals surface area contributed by atoms with Crippen molar-refractivity contribution in [2.75, 3.05) is 11.6 Å². The molecule has 31 heavy (non-hydrogen) atoms. The number of rotatable bonds is 5. The van der Waals surface area contributed by atoms with Gasteiger partial charge in [-0.15, -0.1) is 34.4 Å². The third-order valence-electron chi connectivity index (χ3n) is 3.50. The number of nitrogens with one attached hydrogen (secondary N) is 1. The van der Waals surface area contributed by atoms with Crippen molar-refractivity contribution in [3.8, 4) is 10.6 Å². The number of nitrogens with zero attached hydrogens (tertiary/aromatic N) is 2. The Morgan fingerprint density at radius 2 is 1.74 bits per heavy atom. The van der Waals surface area contributed by atoms with Crippen molar-refractivity contribution in [1.29, 1.82) is 0 Å². The van der Waals surface area contributed by atoms with Gasteiger partial charge in [0.05, 0.1) is 27.7 Å². The third-order valence-corrected chi connectivity index (χ3v) is 6.08. The minimum Gasteiger partial charge on any atom is -0.302 e. The number of aryl methyl sites for hydroxylation is 2. The Morgan fingerprint density at radius 1 is 1.10 bits per heavy atom. The Hall–Kier alpha value is -1.77. The lowest BCUT2D eigenvalue weighted by molar-refractivity contribution is -0.115. The summed E-state index contributed by atoms with van der Waals surface area (Å²) in [6.07, 6.45) is 1.86. The standard InChI is InChI=1S/C17H16FN3OS3.3C2H6/c1-9-16(25-10(2)19-9)14-8-24-17(20-14)21-15(22)6-11-4-5-12(23-3)7-13(11)18;3*1-2/h4-5,7-8H,6H2,1-3H3,(H,20,21,22);3*1-2H3. The molecule has 0 aliphatic heterocycles. The van der Waals surface area contributed by atoms with E-state index in [1.807, 2.05) is 73.1 Å². The molecule has 0 radical (unpaired) electrons. The lowest BCUT2D eigenvalue weighted by Crippen LogP contribution is -2.15. The van der Waals surface area contributed by atoms with Gasteiger partial charge in [-0.25, -0.2) is 14.4 Å². The quantitative estimate of drug-likeness (QED) is 0.373. The molecule has 0 unspecified atom stereocenters. The van der Waals surface area contributed by atoms with Crippen molar-refractivity contribution in [2.24, 2.45) is 0 Å². The minimum atomic E-state index is -0.363. The van der Waals surface area contributed by atoms with Gasteiger partial charge < -0.3 is 5.32 Å². The van der Waals surface area contributed by atoms with Crippen LogP contribution in [-0.4, -0.2) is 22.1 Å². The van der Waals surface area contributed by atoms with Gasteiger partial charge in [-0.05, 0) is 37.8 Å². The first-order chi connectivity index (χ1) is 15.0. The maximum Gasteiger partial charge on any atom is 0.230 e. The van der Waals surface area contributed by atoms with E-state index < -0.39 is 0 Å². The fourth-order valence-corrected chi connectivity index (χ4v) is 4.44. The molecule has 2 heterocycles. The van der Waals surface area contributed by atoms with Crippen LogP contribution in [-0.2, 0) is 11.2 Å². The third kappa shape index (κ3) is 9.09. The summed E-state index contributed by atoms with van der Waals surface area (Å²) in [6.45, 7) is 15.9. The highest BCUT2D eigenvalue weighted by molar-refractivity contribution is 7.98. The maximum absolute atomic E-state index is 14.0. The van der Waals surface area contributed by atoms with Crippen LogP contribution in [0.25, 0.3) is 10.6 Å². The number of carbonyl (C=O) groups is 1. The molecule has 2 aromatic heterocycles. The van der Waals surface area contributed by atoms with E-state index in [1.54, 1.807) is 17.4 Å². The predicted octanol–water partition coefficient (Wildman–Crippen LogP) is 8.00. The number of carbonyl (C=O) groups excluding carboxylic acids is 1. The number of anilines is 1. The highest BCUT2D eigenvalue weighted by atomic mass is 32.2. The molecule has 3 aromatic rings. The van der Waals surface area contributed by atoms with Gasteiger partial charge in [0, 0.05) is 10.3 Å². The molecule has 4 nitrogen and oxygen atoms in total. The van der Waals surface area contributed by atoms with E-state index in [-0.39, 0.29) is 18.1 Å². The molecule has 1 aromatic carbocycles. The van der Waals surface area contributed by atoms with E-state index in [1.165, 1.54) is 29.2 Å². The summed E-state index contributed by atoms with van der Waals surface area (Å²) in [5.74, 6) is -0.647. The predicted molar refractivity (Wildman–Crippen MR) is 137 cm³/mol. The molecule has 0 spiro atoms. The van der Waals surface area contributed by atoms with Crippen LogP contribution in [0.2, 0.25) is 0 Å². The molecule has 0 saturated carbocycles. The van der Waals surface area contributed by atoms with Gasteiger partial charge in [0.1, 0.15) is 5.82 Å². The maximum atomic E-state index is 14.0. The van der Waals surface area contributed by atoms with Crippen LogP contribution in [0, 0.1) is 19.7 Å². The zero-order valence-corrected chi connectivity index (χ0v) is 22.4. The lowest BCUT2D eigenvalue weighted by Gasteiger charge is -2.05. The Morgan fingerprint density at radius 3 is 2.26 bits per heavy atom. The number of halogens is 1. The molecule has 0 aliphatic rings. The van der Waals surface area contributed by atoms with Gasteiger partial charge in [0.25, 0.3) is 0 Å². The summed E-state index contributed by atoms with van der Waals surface area (Å²) in [5, 5.41) is 6.12. The number of thiazole rings is 2. The lowest BCUT2D eigenvalue weighted by atomic mass is 10.1. The highest BCUT2D eigenvalue weighted by Gasteiger charge is 2.14. The zero-order chi connectivity index (χ0) is 24.0. The molecule has 0 bridgehead atoms. The van der Waals surface area contributed by atoms with E-state index in [0.29, 0.717) is 10.7 Å². The van der Waals surface area contributed by atoms with Gasteiger partial charge in [0.15, 0.2) is 5.13 Å². The Kier molecular flexibility index (Phi) is 15.0. The molecule has 1 amide bonds. The number of aromatic nitrogens is 2. The number of amides is 1. The van der Waals surface area contributed by atoms with Crippen molar-refractivity contribution >= 4 is 45.5 Å². The van der Waals surface area contributed by atoms with Crippen molar-refractivity contribution in [3.63, 3.8) is 0 Å². The summed E-state index contributed by atoms with van der Waals surface area (Å²) >= 11 is 4.39. The number of benzene rings is 1. The number of hydrogen-bond donors (Lipinski definition) is 1. The first kappa shape index (κ1) is 29.2. The first-order valence-corrected chi connectivity index (χ1v) is 13.4. The molecule has 0 fully saturated rings. The van der Waals surface area contributed by atoms with E-state index >= 15 is 0 Å². The Labute approximate surface area is 198 Å². The minimum absolute atomic E-state index is 0.0197. The molecular weight excluding hydrogens is 449 g/mol. The van der Waals surface area contributed by atoms with Crippen molar-refractivity contribution < 1.29 is 9.18 Å². The van der Waals surface area contributed by atoms with Gasteiger partial charge in [0.2, 0.25) is 5.91 Å². The summed E-state index contributed by atoms with van der Waals surface area (Å²) in [4.78, 5) is 22.9. The second-order valence-corrected chi connectivity index (χ2v) is 8.31. The topological polar surface area (TPSA) is 54.9 Å². The van der Waals surface area contributed by atoms with E-state index in [9.17, 15) is 9.18 Å². The van der Waals surface area contributed by atoms with Gasteiger partial charge >= 0.3 is 0 Å². The summed E-state index contributed by atoms with van der Waals surface area (Å²) in [6, 6.07) is 4.91. The normalized spacial score (nSPS) is 9.35. The smallest absolute Gasteiger partial charge is 0.230 e. The van der Waals surface area contributed by atoms with E-state index in [2.05, 4.69) is 15.3 Å². The molecule has 0 atom stereocenters. The monoisotopic (exact) mass is 483 g/mol. The molecular formula is C23H34FN3OS3. The second kappa shape index (κ2) is 15.9. The number of hydrogen-bond acceptors (Lipinski definition) is 6. The fourth-order valence-electron chi connectivity index (χ4n) is 2.34. The molecule has 0 aliphatic carbocycles. The van der Waals surface area contributed by atoms with Crippen LogP contribution in [0.3, 0.4) is 0 Å². The fraction of sp³-hybridized carbons (Fsp3) is 0.435. The summed E-state index contributed by atoms with van der Waals surface area (Å²) < 4.78 is 14.0. The summed E-state index contributed by atoms with van der Waals surface area (Å²) in [5.41, 5.74) is 2.11. The van der Waals surface area contributed by atoms with Gasteiger partial charge in [-0.3, -0.25) is 4.79 Å². The highest BCUT2D eigenvalue weighted by Crippen LogP contribution is 2.32. The first-order valence-electron chi connectivity index (χ1n) is 10.5. The average molecular weight is 484 g/mol. The largest absolute Gasteiger partial charge is 0.302 e. The van der Waals surface area contributed by atoms with Crippen molar-refractivity contribution in [1.82, 2.24) is 9.97 Å². The van der Waals surface area contributed by atoms with Crippen LogP contribution < -0.4 is 5.32 Å². The Balaban J connectivity index is 0.00000138. The van der Waals surface area contributed by atoms with Crippen LogP contribution >= 0.6 is 34.4 Å². The molecule has 0 saturated heterocycles. The van der Waals surface area contributed by atoms with E-state index in [0.717, 1.165) is 26.2 Å². The van der Waals surface area contributed by atoms with Crippen molar-refractivity contribution in [2.45, 2.75) is 66.7 Å². The van der Waals surface area contributed by atoms with E-state index in [4.69, 9.17) is 0 Å². The number of thioether (sulfide) groups is 1. The van der Waals surface area contributed by atoms with Crippen LogP contribution in [0.5, 0.6) is 0 Å². The molecule has 1 N–H and O–H groups in total. The second-order valence-electron chi connectivity index (χ2n) is 5.37. The zero-order valence-electron chi connectivity index (χ0n) is 19.9. The molecule has 3 rings (SSSR count). The van der Waals surface area contributed by atoms with Crippen LogP contribution in [0.4, 0.5) is 9.52 Å². The van der Waals surface area contributed by atoms with Crippen LogP contribution in [0.1, 0.15) is 57.8 Å². The van der Waals surface area contributed by atoms with Gasteiger partial charge in [-0.1, -0.05) is 47.6 Å². The van der Waals surface area contributed by atoms with Gasteiger partial charge in [-0.2, -0.15) is 0 Å². The average Bonchev–Trinajstić information content (AvgIpc) is 3.39. The molecule has 172 valence electrons.